The monoisotopic (exact) mass is 473 g/mol. The van der Waals surface area contributed by atoms with Crippen LogP contribution in [0.2, 0.25) is 0 Å². The number of benzene rings is 2. The van der Waals surface area contributed by atoms with E-state index in [9.17, 15) is 19.5 Å². The molecule has 2 heterocycles. The number of carbonyl (C=O) groups excluding carboxylic acids is 3. The fourth-order valence-electron chi connectivity index (χ4n) is 3.78. The molecule has 0 unspecified atom stereocenters. The molecule has 2 aromatic carbocycles. The van der Waals surface area contributed by atoms with Crippen molar-refractivity contribution >= 4 is 47.3 Å². The Morgan fingerprint density at radius 1 is 1.24 bits per heavy atom. The zero-order valence-corrected chi connectivity index (χ0v) is 18.6. The van der Waals surface area contributed by atoms with Gasteiger partial charge in [0.1, 0.15) is 5.84 Å². The largest absolute Gasteiger partial charge is 0.384 e. The van der Waals surface area contributed by atoms with Crippen LogP contribution < -0.4 is 16.0 Å². The molecule has 10 nitrogen and oxygen atoms in total. The lowest BCUT2D eigenvalue weighted by molar-refractivity contribution is -0.150. The molecule has 2 aromatic rings. The Morgan fingerprint density at radius 3 is 2.61 bits per heavy atom. The molecule has 0 aliphatic carbocycles. The van der Waals surface area contributed by atoms with Gasteiger partial charge in [0.15, 0.2) is 12.2 Å². The van der Waals surface area contributed by atoms with E-state index in [0.29, 0.717) is 29.0 Å². The third-order valence-corrected chi connectivity index (χ3v) is 5.53. The molecule has 2 aliphatic heterocycles. The lowest BCUT2D eigenvalue weighted by atomic mass is 10.1. The molecule has 4 rings (SSSR count). The number of halogens is 1. The minimum Gasteiger partial charge on any atom is -0.384 e. The first-order valence-electron chi connectivity index (χ1n) is 10.0. The predicted octanol–water partition coefficient (Wildman–Crippen LogP) is 0.709. The summed E-state index contributed by atoms with van der Waals surface area (Å²) in [5.41, 5.74) is 8.20. The average Bonchev–Trinajstić information content (AvgIpc) is 3.07. The molecule has 0 aromatic heterocycles. The first-order valence-corrected chi connectivity index (χ1v) is 10.0. The Bertz CT molecular complexity index is 1110. The second-order valence-corrected chi connectivity index (χ2v) is 7.71. The zero-order chi connectivity index (χ0) is 23.0. The maximum Gasteiger partial charge on any atom is 0.259 e. The van der Waals surface area contributed by atoms with Gasteiger partial charge in [-0.15, -0.1) is 12.4 Å². The number of aliphatic hydroxyl groups excluding tert-OH is 1. The number of anilines is 2. The van der Waals surface area contributed by atoms with Crippen LogP contribution in [0.3, 0.4) is 0 Å². The molecule has 33 heavy (non-hydrogen) atoms. The molecular formula is C22H24ClN5O5. The van der Waals surface area contributed by atoms with Crippen LogP contribution in [0.25, 0.3) is 0 Å². The summed E-state index contributed by atoms with van der Waals surface area (Å²) in [6, 6.07) is 11.4. The highest BCUT2D eigenvalue weighted by molar-refractivity contribution is 6.05. The van der Waals surface area contributed by atoms with Gasteiger partial charge in [-0.3, -0.25) is 19.8 Å². The first-order chi connectivity index (χ1) is 15.3. The molecule has 11 heteroatoms. The second kappa shape index (κ2) is 9.57. The Morgan fingerprint density at radius 2 is 1.94 bits per heavy atom. The van der Waals surface area contributed by atoms with Crippen molar-refractivity contribution in [2.45, 2.75) is 18.8 Å². The molecule has 0 saturated carbocycles. The summed E-state index contributed by atoms with van der Waals surface area (Å²) >= 11 is 0. The van der Waals surface area contributed by atoms with Crippen LogP contribution in [0.1, 0.15) is 21.5 Å². The van der Waals surface area contributed by atoms with E-state index in [1.165, 1.54) is 17.0 Å². The summed E-state index contributed by atoms with van der Waals surface area (Å²) in [5, 5.41) is 20.4. The smallest absolute Gasteiger partial charge is 0.259 e. The number of morpholine rings is 1. The van der Waals surface area contributed by atoms with Crippen molar-refractivity contribution in [3.8, 4) is 0 Å². The molecular weight excluding hydrogens is 450 g/mol. The lowest BCUT2D eigenvalue weighted by Gasteiger charge is -2.34. The molecule has 0 bridgehead atoms. The summed E-state index contributed by atoms with van der Waals surface area (Å²) < 4.78 is 5.42. The number of nitrogen functional groups attached to an aromatic ring is 1. The molecule has 3 amide bonds. The Labute approximate surface area is 196 Å². The van der Waals surface area contributed by atoms with E-state index in [1.807, 2.05) is 0 Å². The number of aliphatic hydroxyl groups is 1. The molecule has 1 fully saturated rings. The van der Waals surface area contributed by atoms with Crippen molar-refractivity contribution in [3.05, 3.63) is 59.2 Å². The van der Waals surface area contributed by atoms with Crippen molar-refractivity contribution in [1.29, 1.82) is 5.41 Å². The second-order valence-electron chi connectivity index (χ2n) is 7.71. The van der Waals surface area contributed by atoms with Gasteiger partial charge in [-0.25, -0.2) is 0 Å². The molecule has 2 aliphatic rings. The lowest BCUT2D eigenvalue weighted by Crippen LogP contribution is -2.55. The Balaban J connectivity index is 0.00000306. The normalized spacial score (nSPS) is 18.4. The number of nitrogens with zero attached hydrogens (tertiary/aromatic N) is 2. The summed E-state index contributed by atoms with van der Waals surface area (Å²) in [7, 11) is 1.71. The SMILES string of the molecule is CN1Cc2ccc(N3CCO[C@H]([C@@H](O)C(=O)Nc4ccc(C(=N)N)cc4)C3=O)cc2C1=O.Cl. The van der Waals surface area contributed by atoms with E-state index in [0.717, 1.165) is 5.56 Å². The van der Waals surface area contributed by atoms with E-state index >= 15 is 0 Å². The zero-order valence-electron chi connectivity index (χ0n) is 17.8. The van der Waals surface area contributed by atoms with Crippen LogP contribution in [0, 0.1) is 5.41 Å². The van der Waals surface area contributed by atoms with Crippen LogP contribution in [0.5, 0.6) is 0 Å². The molecule has 1 saturated heterocycles. The fourth-order valence-corrected chi connectivity index (χ4v) is 3.78. The third kappa shape index (κ3) is 4.68. The maximum absolute atomic E-state index is 13.0. The highest BCUT2D eigenvalue weighted by Gasteiger charge is 2.40. The number of nitrogens with one attached hydrogen (secondary N) is 2. The van der Waals surface area contributed by atoms with Crippen molar-refractivity contribution in [2.24, 2.45) is 5.73 Å². The molecule has 5 N–H and O–H groups in total. The summed E-state index contributed by atoms with van der Waals surface area (Å²) in [6.45, 7) is 0.873. The van der Waals surface area contributed by atoms with Gasteiger partial charge < -0.3 is 30.7 Å². The highest BCUT2D eigenvalue weighted by atomic mass is 35.5. The van der Waals surface area contributed by atoms with Gasteiger partial charge in [0, 0.05) is 42.6 Å². The fraction of sp³-hybridized carbons (Fsp3) is 0.273. The van der Waals surface area contributed by atoms with Crippen LogP contribution in [0.4, 0.5) is 11.4 Å². The number of fused-ring (bicyclic) bond motifs is 1. The molecule has 174 valence electrons. The number of ether oxygens (including phenoxy) is 1. The molecule has 0 spiro atoms. The van der Waals surface area contributed by atoms with Crippen LogP contribution in [0.15, 0.2) is 42.5 Å². The van der Waals surface area contributed by atoms with Crippen molar-refractivity contribution < 1.29 is 24.2 Å². The van der Waals surface area contributed by atoms with Crippen molar-refractivity contribution in [3.63, 3.8) is 0 Å². The Hall–Kier alpha value is -3.47. The topological polar surface area (TPSA) is 149 Å². The Kier molecular flexibility index (Phi) is 7.01. The quantitative estimate of drug-likeness (QED) is 0.371. The molecule has 0 radical (unpaired) electrons. The molecule has 2 atom stereocenters. The number of amidine groups is 1. The number of hydrogen-bond acceptors (Lipinski definition) is 6. The minimum absolute atomic E-state index is 0. The minimum atomic E-state index is -1.74. The highest BCUT2D eigenvalue weighted by Crippen LogP contribution is 2.28. The van der Waals surface area contributed by atoms with Crippen LogP contribution >= 0.6 is 12.4 Å². The van der Waals surface area contributed by atoms with Gasteiger partial charge in [0.05, 0.1) is 6.61 Å². The number of nitrogens with two attached hydrogens (primary N) is 1. The maximum atomic E-state index is 13.0. The first kappa shape index (κ1) is 24.2. The third-order valence-electron chi connectivity index (χ3n) is 5.53. The van der Waals surface area contributed by atoms with E-state index in [1.54, 1.807) is 42.3 Å². The van der Waals surface area contributed by atoms with Crippen molar-refractivity contribution in [2.75, 3.05) is 30.4 Å². The summed E-state index contributed by atoms with van der Waals surface area (Å²) in [4.78, 5) is 40.8. The van der Waals surface area contributed by atoms with Gasteiger partial charge in [0.25, 0.3) is 17.7 Å². The standard InChI is InChI=1S/C22H23N5O5.ClH/c1-26-11-13-4-7-15(10-16(13)21(26)30)27-8-9-32-18(22(27)31)17(28)20(29)25-14-5-2-12(3-6-14)19(23)24;/h2-7,10,17-18,28H,8-9,11H2,1H3,(H3,23,24)(H,25,29);1H/t17-,18-;/m1./s1. The number of amides is 3. The predicted molar refractivity (Wildman–Crippen MR) is 124 cm³/mol. The average molecular weight is 474 g/mol. The van der Waals surface area contributed by atoms with Crippen LogP contribution in [-0.4, -0.2) is 66.0 Å². The summed E-state index contributed by atoms with van der Waals surface area (Å²) in [6.07, 6.45) is -3.12. The van der Waals surface area contributed by atoms with Crippen molar-refractivity contribution in [1.82, 2.24) is 4.90 Å². The number of rotatable bonds is 5. The van der Waals surface area contributed by atoms with E-state index in [2.05, 4.69) is 5.32 Å². The van der Waals surface area contributed by atoms with E-state index in [4.69, 9.17) is 15.9 Å². The van der Waals surface area contributed by atoms with E-state index in [-0.39, 0.29) is 37.3 Å². The summed E-state index contributed by atoms with van der Waals surface area (Å²) in [5.74, 6) is -1.59. The van der Waals surface area contributed by atoms with Gasteiger partial charge >= 0.3 is 0 Å². The van der Waals surface area contributed by atoms with E-state index < -0.39 is 24.0 Å². The van der Waals surface area contributed by atoms with Gasteiger partial charge in [-0.05, 0) is 42.0 Å². The number of carbonyl (C=O) groups is 3. The number of hydrogen-bond donors (Lipinski definition) is 4. The van der Waals surface area contributed by atoms with Gasteiger partial charge in [-0.2, -0.15) is 0 Å². The van der Waals surface area contributed by atoms with Crippen LogP contribution in [-0.2, 0) is 20.9 Å². The van der Waals surface area contributed by atoms with Gasteiger partial charge in [0.2, 0.25) is 0 Å². The van der Waals surface area contributed by atoms with Gasteiger partial charge in [-0.1, -0.05) is 6.07 Å².